The molecular weight excluding hydrogens is 350 g/mol. The van der Waals surface area contributed by atoms with Crippen molar-refractivity contribution in [3.05, 3.63) is 65.2 Å². The van der Waals surface area contributed by atoms with Gasteiger partial charge in [-0.1, -0.05) is 38.1 Å². The Kier molecular flexibility index (Phi) is 5.44. The first-order valence-corrected chi connectivity index (χ1v) is 10.3. The van der Waals surface area contributed by atoms with Gasteiger partial charge >= 0.3 is 5.97 Å². The van der Waals surface area contributed by atoms with E-state index in [1.807, 2.05) is 18.2 Å². The number of hydrogen-bond acceptors (Lipinski definition) is 4. The van der Waals surface area contributed by atoms with Gasteiger partial charge in [-0.15, -0.1) is 0 Å². The molecule has 3 rings (SSSR count). The summed E-state index contributed by atoms with van der Waals surface area (Å²) in [6, 6.07) is 13.9. The summed E-state index contributed by atoms with van der Waals surface area (Å²) in [7, 11) is -3.52. The quantitative estimate of drug-likeness (QED) is 0.726. The number of hydrogen-bond donors (Lipinski definition) is 0. The molecule has 0 unspecified atom stereocenters. The first-order valence-electron chi connectivity index (χ1n) is 8.86. The summed E-state index contributed by atoms with van der Waals surface area (Å²) in [6.07, 6.45) is 1.44. The third-order valence-electron chi connectivity index (χ3n) is 4.76. The lowest BCUT2D eigenvalue weighted by atomic mass is 10.1. The van der Waals surface area contributed by atoms with Crippen molar-refractivity contribution in [1.29, 1.82) is 0 Å². The number of carbonyl (C=O) groups is 1. The Hall–Kier alpha value is -2.18. The lowest BCUT2D eigenvalue weighted by molar-refractivity contribution is 0.0301. The van der Waals surface area contributed by atoms with Gasteiger partial charge in [-0.2, -0.15) is 4.31 Å². The van der Waals surface area contributed by atoms with Gasteiger partial charge in [-0.25, -0.2) is 13.2 Å². The van der Waals surface area contributed by atoms with Crippen LogP contribution in [-0.4, -0.2) is 31.8 Å². The average molecular weight is 373 g/mol. The highest BCUT2D eigenvalue weighted by atomic mass is 32.2. The molecule has 0 spiro atoms. The Morgan fingerprint density at radius 2 is 1.73 bits per heavy atom. The first-order chi connectivity index (χ1) is 12.5. The molecule has 0 bridgehead atoms. The maximum absolute atomic E-state index is 12.5. The van der Waals surface area contributed by atoms with E-state index in [1.165, 1.54) is 34.1 Å². The molecule has 5 nitrogen and oxygen atoms in total. The highest BCUT2D eigenvalue weighted by Gasteiger charge is 2.26. The molecule has 6 heteroatoms. The zero-order chi connectivity index (χ0) is 18.7. The summed E-state index contributed by atoms with van der Waals surface area (Å²) >= 11 is 0. The highest BCUT2D eigenvalue weighted by molar-refractivity contribution is 7.89. The molecule has 0 radical (unpaired) electrons. The van der Waals surface area contributed by atoms with Crippen LogP contribution < -0.4 is 0 Å². The average Bonchev–Trinajstić information content (AvgIpc) is 3.05. The molecule has 0 heterocycles. The molecule has 2 aromatic rings. The lowest BCUT2D eigenvalue weighted by Gasteiger charge is -2.18. The van der Waals surface area contributed by atoms with Crippen molar-refractivity contribution in [1.82, 2.24) is 4.31 Å². The van der Waals surface area contributed by atoms with Crippen molar-refractivity contribution in [2.45, 2.75) is 37.7 Å². The van der Waals surface area contributed by atoms with Crippen molar-refractivity contribution in [3.63, 3.8) is 0 Å². The number of esters is 1. The van der Waals surface area contributed by atoms with Gasteiger partial charge in [-0.05, 0) is 48.2 Å². The maximum Gasteiger partial charge on any atom is 0.338 e. The zero-order valence-corrected chi connectivity index (χ0v) is 15.8. The number of rotatable bonds is 6. The van der Waals surface area contributed by atoms with Crippen LogP contribution in [0.5, 0.6) is 0 Å². The summed E-state index contributed by atoms with van der Waals surface area (Å²) in [4.78, 5) is 12.6. The summed E-state index contributed by atoms with van der Waals surface area (Å²) in [5.41, 5.74) is 2.63. The van der Waals surface area contributed by atoms with Gasteiger partial charge in [-0.3, -0.25) is 0 Å². The van der Waals surface area contributed by atoms with E-state index in [-0.39, 0.29) is 11.0 Å². The summed E-state index contributed by atoms with van der Waals surface area (Å²) < 4.78 is 32.0. The number of sulfonamides is 1. The summed E-state index contributed by atoms with van der Waals surface area (Å²) in [6.45, 7) is 4.41. The number of aryl methyl sites for hydroxylation is 1. The van der Waals surface area contributed by atoms with Crippen molar-refractivity contribution in [2.24, 2.45) is 0 Å². The Morgan fingerprint density at radius 1 is 1.08 bits per heavy atom. The standard InChI is InChI=1S/C20H23NO4S/c1-3-21(4-2)26(23,24)17-12-9-16(10-13-17)20(22)25-19-14-11-15-7-5-6-8-18(15)19/h5-10,12-13,19H,3-4,11,14H2,1-2H3/t19-/m0/s1. The van der Waals surface area contributed by atoms with Crippen LogP contribution in [0, 0.1) is 0 Å². The maximum atomic E-state index is 12.5. The fraction of sp³-hybridized carbons (Fsp3) is 0.350. The summed E-state index contributed by atoms with van der Waals surface area (Å²) in [5, 5.41) is 0. The van der Waals surface area contributed by atoms with E-state index in [0.29, 0.717) is 18.7 Å². The Morgan fingerprint density at radius 3 is 2.38 bits per heavy atom. The van der Waals surface area contributed by atoms with Crippen LogP contribution in [0.25, 0.3) is 0 Å². The molecule has 0 aliphatic heterocycles. The molecule has 0 aromatic heterocycles. The highest BCUT2D eigenvalue weighted by Crippen LogP contribution is 2.34. The van der Waals surface area contributed by atoms with E-state index in [9.17, 15) is 13.2 Å². The van der Waals surface area contributed by atoms with Gasteiger partial charge in [0.25, 0.3) is 0 Å². The van der Waals surface area contributed by atoms with Crippen LogP contribution >= 0.6 is 0 Å². The fourth-order valence-corrected chi connectivity index (χ4v) is 4.77. The number of nitrogens with zero attached hydrogens (tertiary/aromatic N) is 1. The van der Waals surface area contributed by atoms with Gasteiger partial charge in [0.15, 0.2) is 0 Å². The van der Waals surface area contributed by atoms with E-state index in [4.69, 9.17) is 4.74 Å². The number of ether oxygens (including phenoxy) is 1. The molecule has 0 saturated carbocycles. The monoisotopic (exact) mass is 373 g/mol. The second-order valence-corrected chi connectivity index (χ2v) is 8.18. The van der Waals surface area contributed by atoms with Gasteiger partial charge in [0, 0.05) is 13.1 Å². The third-order valence-corrected chi connectivity index (χ3v) is 6.82. The first kappa shape index (κ1) is 18.6. The molecule has 2 aromatic carbocycles. The van der Waals surface area contributed by atoms with E-state index in [0.717, 1.165) is 18.4 Å². The predicted molar refractivity (Wildman–Crippen MR) is 99.5 cm³/mol. The Bertz CT molecular complexity index is 886. The topological polar surface area (TPSA) is 63.7 Å². The normalized spacial score (nSPS) is 16.5. The SMILES string of the molecule is CCN(CC)S(=O)(=O)c1ccc(C(=O)O[C@H]2CCc3ccccc32)cc1. The molecule has 0 amide bonds. The smallest absolute Gasteiger partial charge is 0.338 e. The molecule has 0 N–H and O–H groups in total. The van der Waals surface area contributed by atoms with Crippen LogP contribution in [0.4, 0.5) is 0 Å². The van der Waals surface area contributed by atoms with Crippen LogP contribution in [0.15, 0.2) is 53.4 Å². The third kappa shape index (κ3) is 3.52. The largest absolute Gasteiger partial charge is 0.454 e. The molecule has 1 aliphatic carbocycles. The van der Waals surface area contributed by atoms with E-state index >= 15 is 0 Å². The molecule has 1 aliphatic rings. The van der Waals surface area contributed by atoms with Crippen molar-refractivity contribution in [3.8, 4) is 0 Å². The van der Waals surface area contributed by atoms with Crippen molar-refractivity contribution < 1.29 is 17.9 Å². The minimum absolute atomic E-state index is 0.184. The molecular formula is C20H23NO4S. The van der Waals surface area contributed by atoms with E-state index < -0.39 is 16.0 Å². The molecule has 138 valence electrons. The van der Waals surface area contributed by atoms with Gasteiger partial charge in [0.2, 0.25) is 10.0 Å². The minimum atomic E-state index is -3.52. The van der Waals surface area contributed by atoms with Crippen molar-refractivity contribution in [2.75, 3.05) is 13.1 Å². The van der Waals surface area contributed by atoms with Gasteiger partial charge in [0.05, 0.1) is 10.5 Å². The lowest BCUT2D eigenvalue weighted by Crippen LogP contribution is -2.30. The zero-order valence-electron chi connectivity index (χ0n) is 15.0. The van der Waals surface area contributed by atoms with E-state index in [1.54, 1.807) is 13.8 Å². The fourth-order valence-electron chi connectivity index (χ4n) is 3.31. The molecule has 26 heavy (non-hydrogen) atoms. The van der Waals surface area contributed by atoms with Crippen molar-refractivity contribution >= 4 is 16.0 Å². The molecule has 1 atom stereocenters. The minimum Gasteiger partial charge on any atom is -0.454 e. The van der Waals surface area contributed by atoms with Crippen LogP contribution in [0.1, 0.15) is 47.9 Å². The molecule has 0 fully saturated rings. The number of benzene rings is 2. The second-order valence-electron chi connectivity index (χ2n) is 6.25. The van der Waals surface area contributed by atoms with Crippen LogP contribution in [0.2, 0.25) is 0 Å². The molecule has 0 saturated heterocycles. The number of fused-ring (bicyclic) bond motifs is 1. The Labute approximate surface area is 154 Å². The van der Waals surface area contributed by atoms with Crippen LogP contribution in [-0.2, 0) is 21.2 Å². The van der Waals surface area contributed by atoms with E-state index in [2.05, 4.69) is 6.07 Å². The second kappa shape index (κ2) is 7.60. The Balaban J connectivity index is 1.74. The van der Waals surface area contributed by atoms with Gasteiger partial charge < -0.3 is 4.74 Å². The number of carbonyl (C=O) groups excluding carboxylic acids is 1. The predicted octanol–water partition coefficient (Wildman–Crippen LogP) is 3.56. The van der Waals surface area contributed by atoms with Crippen LogP contribution in [0.3, 0.4) is 0 Å². The van der Waals surface area contributed by atoms with Gasteiger partial charge in [0.1, 0.15) is 6.10 Å². The summed E-state index contributed by atoms with van der Waals surface area (Å²) in [5.74, 6) is -0.432.